The van der Waals surface area contributed by atoms with Gasteiger partial charge in [0.25, 0.3) is 5.91 Å². The Kier molecular flexibility index (Phi) is 6.51. The van der Waals surface area contributed by atoms with Crippen LogP contribution in [0.5, 0.6) is 0 Å². The molecule has 0 radical (unpaired) electrons. The summed E-state index contributed by atoms with van der Waals surface area (Å²) < 4.78 is 7.12. The molecule has 186 valence electrons. The van der Waals surface area contributed by atoms with Crippen LogP contribution in [0.15, 0.2) is 67.0 Å². The molecule has 11 nitrogen and oxygen atoms in total. The molecule has 0 unspecified atom stereocenters. The molecule has 4 atom stereocenters. The van der Waals surface area contributed by atoms with Crippen molar-refractivity contribution in [1.29, 1.82) is 0 Å². The van der Waals surface area contributed by atoms with E-state index in [4.69, 9.17) is 10.5 Å². The standard InChI is InChI=1S/C25H27N7O4/c1-27-23(35)20-18(33)19(34)24(36-20)32-13-29-17-21(30-25(26)31-22(17)32)28-12-16(14-8-4-2-5-9-14)15-10-6-3-7-11-15/h2-11,13,16,18-20,24,33-34H,12H2,1H3,(H,27,35)(H3,26,28,30,31)/t18-,19+,20-,24+/m0/s1. The third-order valence-electron chi connectivity index (χ3n) is 6.33. The number of likely N-dealkylation sites (N-methyl/N-ethyl adjacent to an activating group) is 1. The van der Waals surface area contributed by atoms with Gasteiger partial charge in [-0.1, -0.05) is 60.7 Å². The third-order valence-corrected chi connectivity index (χ3v) is 6.33. The second-order valence-electron chi connectivity index (χ2n) is 8.55. The van der Waals surface area contributed by atoms with Crippen LogP contribution in [0.2, 0.25) is 0 Å². The number of nitrogens with one attached hydrogen (secondary N) is 2. The monoisotopic (exact) mass is 489 g/mol. The van der Waals surface area contributed by atoms with E-state index in [1.54, 1.807) is 0 Å². The number of fused-ring (bicyclic) bond motifs is 1. The van der Waals surface area contributed by atoms with E-state index in [0.29, 0.717) is 23.5 Å². The molecule has 0 bridgehead atoms. The quantitative estimate of drug-likeness (QED) is 0.255. The summed E-state index contributed by atoms with van der Waals surface area (Å²) in [6.45, 7) is 0.506. The third kappa shape index (κ3) is 4.35. The zero-order chi connectivity index (χ0) is 25.2. The van der Waals surface area contributed by atoms with Crippen LogP contribution in [0.4, 0.5) is 11.8 Å². The van der Waals surface area contributed by atoms with Crippen LogP contribution >= 0.6 is 0 Å². The molecular formula is C25H27N7O4. The summed E-state index contributed by atoms with van der Waals surface area (Å²) in [5.41, 5.74) is 9.01. The molecule has 5 rings (SSSR count). The van der Waals surface area contributed by atoms with E-state index in [-0.39, 0.29) is 11.9 Å². The number of carbonyl (C=O) groups is 1. The van der Waals surface area contributed by atoms with Gasteiger partial charge in [0, 0.05) is 19.5 Å². The van der Waals surface area contributed by atoms with Crippen LogP contribution in [0.25, 0.3) is 11.2 Å². The Hall–Kier alpha value is -4.06. The largest absolute Gasteiger partial charge is 0.387 e. The molecule has 1 aliphatic heterocycles. The lowest BCUT2D eigenvalue weighted by Crippen LogP contribution is -2.41. The van der Waals surface area contributed by atoms with Crippen LogP contribution < -0.4 is 16.4 Å². The Balaban J connectivity index is 1.46. The first-order valence-electron chi connectivity index (χ1n) is 11.5. The fourth-order valence-electron chi connectivity index (χ4n) is 4.49. The smallest absolute Gasteiger partial charge is 0.251 e. The average Bonchev–Trinajstić information content (AvgIpc) is 3.45. The van der Waals surface area contributed by atoms with Gasteiger partial charge in [0.1, 0.15) is 12.2 Å². The molecule has 2 aromatic carbocycles. The topological polar surface area (TPSA) is 160 Å². The highest BCUT2D eigenvalue weighted by Crippen LogP contribution is 2.33. The van der Waals surface area contributed by atoms with Crippen molar-refractivity contribution in [1.82, 2.24) is 24.8 Å². The highest BCUT2D eigenvalue weighted by atomic mass is 16.6. The fourth-order valence-corrected chi connectivity index (χ4v) is 4.49. The maximum absolute atomic E-state index is 12.1. The van der Waals surface area contributed by atoms with Crippen molar-refractivity contribution < 1.29 is 19.7 Å². The van der Waals surface area contributed by atoms with E-state index in [2.05, 4.69) is 49.9 Å². The lowest BCUT2D eigenvalue weighted by Gasteiger charge is -2.20. The number of anilines is 2. The Bertz CT molecular complexity index is 1310. The molecule has 1 amide bonds. The first-order valence-corrected chi connectivity index (χ1v) is 11.5. The van der Waals surface area contributed by atoms with Crippen molar-refractivity contribution in [2.45, 2.75) is 30.5 Å². The molecular weight excluding hydrogens is 462 g/mol. The predicted octanol–water partition coefficient (Wildman–Crippen LogP) is 1.02. The van der Waals surface area contributed by atoms with Gasteiger partial charge in [-0.2, -0.15) is 9.97 Å². The van der Waals surface area contributed by atoms with Crippen molar-refractivity contribution in [3.8, 4) is 0 Å². The molecule has 0 spiro atoms. The summed E-state index contributed by atoms with van der Waals surface area (Å²) in [5.74, 6) is -0.0929. The molecule has 2 aromatic heterocycles. The molecule has 0 saturated carbocycles. The van der Waals surface area contributed by atoms with Gasteiger partial charge in [0.05, 0.1) is 6.33 Å². The highest BCUT2D eigenvalue weighted by Gasteiger charge is 2.47. The van der Waals surface area contributed by atoms with E-state index in [1.165, 1.54) is 17.9 Å². The van der Waals surface area contributed by atoms with Crippen molar-refractivity contribution in [2.24, 2.45) is 0 Å². The minimum Gasteiger partial charge on any atom is -0.387 e. The number of ether oxygens (including phenoxy) is 1. The summed E-state index contributed by atoms with van der Waals surface area (Å²) in [4.78, 5) is 25.1. The van der Waals surface area contributed by atoms with Gasteiger partial charge in [0.15, 0.2) is 29.3 Å². The molecule has 4 aromatic rings. The molecule has 6 N–H and O–H groups in total. The number of hydrogen-bond donors (Lipinski definition) is 5. The number of amides is 1. The SMILES string of the molecule is CNC(=O)[C@H]1O[C@@H](n2cnc3c(NCC(c4ccccc4)c4ccccc4)nc(N)nc32)[C@H](O)[C@@H]1O. The van der Waals surface area contributed by atoms with Crippen molar-refractivity contribution in [3.63, 3.8) is 0 Å². The highest BCUT2D eigenvalue weighted by molar-refractivity contribution is 5.84. The minimum absolute atomic E-state index is 0.00129. The van der Waals surface area contributed by atoms with Gasteiger partial charge < -0.3 is 31.3 Å². The van der Waals surface area contributed by atoms with Crippen LogP contribution in [-0.4, -0.2) is 67.5 Å². The Labute approximate surface area is 207 Å². The number of benzene rings is 2. The molecule has 0 aliphatic carbocycles. The summed E-state index contributed by atoms with van der Waals surface area (Å²) in [7, 11) is 1.43. The van der Waals surface area contributed by atoms with Gasteiger partial charge in [-0.15, -0.1) is 0 Å². The Morgan fingerprint density at radius 2 is 1.69 bits per heavy atom. The van der Waals surface area contributed by atoms with Crippen molar-refractivity contribution in [2.75, 3.05) is 24.6 Å². The number of nitrogen functional groups attached to an aromatic ring is 1. The second-order valence-corrected chi connectivity index (χ2v) is 8.55. The zero-order valence-corrected chi connectivity index (χ0v) is 19.5. The van der Waals surface area contributed by atoms with Gasteiger partial charge in [0.2, 0.25) is 5.95 Å². The number of aromatic nitrogens is 4. The van der Waals surface area contributed by atoms with E-state index in [0.717, 1.165) is 11.1 Å². The summed E-state index contributed by atoms with van der Waals surface area (Å²) in [6.07, 6.45) is -3.69. The number of rotatable bonds is 7. The summed E-state index contributed by atoms with van der Waals surface area (Å²) >= 11 is 0. The number of imidazole rings is 1. The Morgan fingerprint density at radius 1 is 1.06 bits per heavy atom. The number of aliphatic hydroxyl groups is 2. The van der Waals surface area contributed by atoms with Crippen LogP contribution in [0.1, 0.15) is 23.3 Å². The van der Waals surface area contributed by atoms with Gasteiger partial charge >= 0.3 is 0 Å². The van der Waals surface area contributed by atoms with E-state index < -0.39 is 30.4 Å². The lowest BCUT2D eigenvalue weighted by atomic mass is 9.91. The number of nitrogens with zero attached hydrogens (tertiary/aromatic N) is 4. The molecule has 1 fully saturated rings. The molecule has 11 heteroatoms. The molecule has 3 heterocycles. The summed E-state index contributed by atoms with van der Waals surface area (Å²) in [6, 6.07) is 20.3. The van der Waals surface area contributed by atoms with Crippen LogP contribution in [0.3, 0.4) is 0 Å². The van der Waals surface area contributed by atoms with E-state index in [1.807, 2.05) is 36.4 Å². The maximum atomic E-state index is 12.1. The first kappa shape index (κ1) is 23.7. The predicted molar refractivity (Wildman–Crippen MR) is 133 cm³/mol. The number of hydrogen-bond acceptors (Lipinski definition) is 9. The normalized spacial score (nSPS) is 21.7. The van der Waals surface area contributed by atoms with Gasteiger partial charge in [-0.05, 0) is 11.1 Å². The Morgan fingerprint density at radius 3 is 2.31 bits per heavy atom. The van der Waals surface area contributed by atoms with Gasteiger partial charge in [-0.3, -0.25) is 9.36 Å². The number of aliphatic hydroxyl groups excluding tert-OH is 2. The maximum Gasteiger partial charge on any atom is 0.251 e. The molecule has 36 heavy (non-hydrogen) atoms. The van der Waals surface area contributed by atoms with Crippen LogP contribution in [-0.2, 0) is 9.53 Å². The second kappa shape index (κ2) is 9.90. The van der Waals surface area contributed by atoms with E-state index in [9.17, 15) is 15.0 Å². The minimum atomic E-state index is -1.42. The van der Waals surface area contributed by atoms with E-state index >= 15 is 0 Å². The number of carbonyl (C=O) groups excluding carboxylic acids is 1. The zero-order valence-electron chi connectivity index (χ0n) is 19.5. The lowest BCUT2D eigenvalue weighted by molar-refractivity contribution is -0.137. The molecule has 1 aliphatic rings. The molecule has 1 saturated heterocycles. The van der Waals surface area contributed by atoms with Crippen molar-refractivity contribution >= 4 is 28.8 Å². The first-order chi connectivity index (χ1) is 17.5. The fraction of sp³-hybridized carbons (Fsp3) is 0.280. The summed E-state index contributed by atoms with van der Waals surface area (Å²) in [5, 5.41) is 26.7. The van der Waals surface area contributed by atoms with Crippen LogP contribution in [0, 0.1) is 0 Å². The average molecular weight is 490 g/mol. The van der Waals surface area contributed by atoms with Crippen molar-refractivity contribution in [3.05, 3.63) is 78.1 Å². The van der Waals surface area contributed by atoms with Gasteiger partial charge in [-0.25, -0.2) is 4.98 Å². The number of nitrogens with two attached hydrogens (primary N) is 1.